The Bertz CT molecular complexity index is 986. The highest BCUT2D eigenvalue weighted by molar-refractivity contribution is 5.91. The zero-order chi connectivity index (χ0) is 23.8. The molecule has 1 aliphatic heterocycles. The number of anilines is 1. The van der Waals surface area contributed by atoms with E-state index in [0.717, 1.165) is 6.07 Å². The summed E-state index contributed by atoms with van der Waals surface area (Å²) in [5.41, 5.74) is 0.428. The first kappa shape index (κ1) is 24.4. The number of hydrogen-bond acceptors (Lipinski definition) is 5. The summed E-state index contributed by atoms with van der Waals surface area (Å²) in [6.07, 6.45) is -1.71. The molecule has 1 amide bonds. The van der Waals surface area contributed by atoms with E-state index >= 15 is 0 Å². The van der Waals surface area contributed by atoms with E-state index in [1.807, 2.05) is 11.8 Å². The second-order valence-corrected chi connectivity index (χ2v) is 7.33. The summed E-state index contributed by atoms with van der Waals surface area (Å²) in [6, 6.07) is 9.38. The molecule has 1 heterocycles. The van der Waals surface area contributed by atoms with Crippen molar-refractivity contribution in [3.8, 4) is 11.5 Å². The second-order valence-electron chi connectivity index (χ2n) is 7.33. The van der Waals surface area contributed by atoms with Gasteiger partial charge in [0.05, 0.1) is 32.5 Å². The van der Waals surface area contributed by atoms with E-state index in [2.05, 4.69) is 5.32 Å². The summed E-state index contributed by atoms with van der Waals surface area (Å²) in [4.78, 5) is 14.1. The fraction of sp³-hybridized carbons (Fsp3) is 0.375. The van der Waals surface area contributed by atoms with E-state index in [9.17, 15) is 18.0 Å². The zero-order valence-corrected chi connectivity index (χ0v) is 18.6. The Morgan fingerprint density at radius 3 is 2.58 bits per heavy atom. The third-order valence-electron chi connectivity index (χ3n) is 5.14. The molecule has 0 bridgehead atoms. The minimum absolute atomic E-state index is 0.00370. The lowest BCUT2D eigenvalue weighted by molar-refractivity contribution is -0.138. The molecule has 6 nitrogen and oxygen atoms in total. The third kappa shape index (κ3) is 6.64. The van der Waals surface area contributed by atoms with Gasteiger partial charge >= 0.3 is 6.18 Å². The summed E-state index contributed by atoms with van der Waals surface area (Å²) in [6.45, 7) is 4.13. The van der Waals surface area contributed by atoms with Gasteiger partial charge in [0.1, 0.15) is 0 Å². The number of benzene rings is 2. The number of carbonyl (C=O) groups excluding carboxylic acids is 1. The number of nitrogens with zero attached hydrogens (tertiary/aromatic N) is 1. The van der Waals surface area contributed by atoms with Gasteiger partial charge in [-0.05, 0) is 48.4 Å². The topological polar surface area (TPSA) is 60.0 Å². The minimum atomic E-state index is -4.53. The molecule has 1 fully saturated rings. The Labute approximate surface area is 190 Å². The summed E-state index contributed by atoms with van der Waals surface area (Å²) in [5.74, 6) is 0.602. The van der Waals surface area contributed by atoms with Crippen LogP contribution in [0.4, 0.5) is 18.9 Å². The van der Waals surface area contributed by atoms with Crippen LogP contribution in [0.15, 0.2) is 42.5 Å². The molecule has 0 unspecified atom stereocenters. The molecule has 0 spiro atoms. The van der Waals surface area contributed by atoms with Gasteiger partial charge < -0.3 is 24.4 Å². The van der Waals surface area contributed by atoms with Crippen molar-refractivity contribution in [2.75, 3.05) is 44.9 Å². The molecule has 0 radical (unpaired) electrons. The molecule has 2 aromatic carbocycles. The molecule has 3 rings (SSSR count). The number of morpholine rings is 1. The first-order chi connectivity index (χ1) is 15.8. The van der Waals surface area contributed by atoms with Crippen molar-refractivity contribution in [3.05, 3.63) is 59.2 Å². The van der Waals surface area contributed by atoms with E-state index in [0.29, 0.717) is 55.7 Å². The van der Waals surface area contributed by atoms with Crippen LogP contribution in [0.2, 0.25) is 0 Å². The third-order valence-corrected chi connectivity index (χ3v) is 5.14. The van der Waals surface area contributed by atoms with Gasteiger partial charge in [0.15, 0.2) is 11.5 Å². The van der Waals surface area contributed by atoms with Crippen molar-refractivity contribution in [3.63, 3.8) is 0 Å². The minimum Gasteiger partial charge on any atom is -0.493 e. The van der Waals surface area contributed by atoms with E-state index in [1.165, 1.54) is 19.3 Å². The number of amides is 1. The number of alkyl halides is 3. The Kier molecular flexibility index (Phi) is 8.21. The lowest BCUT2D eigenvalue weighted by Crippen LogP contribution is -2.36. The van der Waals surface area contributed by atoms with Crippen LogP contribution < -0.4 is 19.7 Å². The predicted molar refractivity (Wildman–Crippen MR) is 120 cm³/mol. The molecule has 1 N–H and O–H groups in total. The molecule has 2 aromatic rings. The fourth-order valence-corrected chi connectivity index (χ4v) is 3.48. The van der Waals surface area contributed by atoms with Crippen LogP contribution in [0.5, 0.6) is 11.5 Å². The Morgan fingerprint density at radius 1 is 1.15 bits per heavy atom. The summed E-state index contributed by atoms with van der Waals surface area (Å²) in [7, 11) is 1.51. The van der Waals surface area contributed by atoms with E-state index < -0.39 is 17.6 Å². The number of carbonyl (C=O) groups is 1. The van der Waals surface area contributed by atoms with Crippen molar-refractivity contribution in [1.29, 1.82) is 0 Å². The lowest BCUT2D eigenvalue weighted by atomic mass is 10.0. The monoisotopic (exact) mass is 464 g/mol. The maximum atomic E-state index is 13.7. The largest absolute Gasteiger partial charge is 0.493 e. The molecule has 0 aliphatic carbocycles. The molecule has 1 aliphatic rings. The van der Waals surface area contributed by atoms with Crippen LogP contribution in [0.25, 0.3) is 6.08 Å². The van der Waals surface area contributed by atoms with Crippen LogP contribution in [0, 0.1) is 0 Å². The van der Waals surface area contributed by atoms with E-state index in [1.54, 1.807) is 30.3 Å². The number of halogens is 3. The number of ether oxygens (including phenoxy) is 3. The number of hydrogen-bond donors (Lipinski definition) is 1. The average molecular weight is 464 g/mol. The van der Waals surface area contributed by atoms with E-state index in [-0.39, 0.29) is 12.1 Å². The maximum Gasteiger partial charge on any atom is 0.416 e. The molecule has 0 atom stereocenters. The van der Waals surface area contributed by atoms with Crippen LogP contribution in [-0.2, 0) is 22.3 Å². The van der Waals surface area contributed by atoms with Crippen molar-refractivity contribution in [2.24, 2.45) is 0 Å². The van der Waals surface area contributed by atoms with Crippen LogP contribution >= 0.6 is 0 Å². The van der Waals surface area contributed by atoms with Gasteiger partial charge in [0, 0.05) is 31.4 Å². The Balaban J connectivity index is 1.68. The number of rotatable bonds is 8. The number of methoxy groups -OCH3 is 1. The smallest absolute Gasteiger partial charge is 0.416 e. The van der Waals surface area contributed by atoms with Crippen molar-refractivity contribution >= 4 is 17.7 Å². The maximum absolute atomic E-state index is 13.7. The van der Waals surface area contributed by atoms with Crippen LogP contribution in [0.3, 0.4) is 0 Å². The summed E-state index contributed by atoms with van der Waals surface area (Å²) in [5, 5.41) is 2.53. The second kappa shape index (κ2) is 11.1. The molecule has 0 saturated carbocycles. The van der Waals surface area contributed by atoms with Crippen LogP contribution in [0.1, 0.15) is 23.6 Å². The Hall–Kier alpha value is -3.20. The number of nitrogens with one attached hydrogen (secondary N) is 1. The quantitative estimate of drug-likeness (QED) is 0.591. The molecule has 178 valence electrons. The van der Waals surface area contributed by atoms with E-state index in [4.69, 9.17) is 14.2 Å². The van der Waals surface area contributed by atoms with Gasteiger partial charge in [-0.15, -0.1) is 0 Å². The normalized spacial score (nSPS) is 14.4. The van der Waals surface area contributed by atoms with Gasteiger partial charge in [0.25, 0.3) is 0 Å². The predicted octanol–water partition coefficient (Wildman–Crippen LogP) is 4.28. The SMILES string of the molecule is CCOc1ccc(/C=C/C(=O)NCc2ccc(N3CCOCC3)cc2C(F)(F)F)cc1OC. The van der Waals surface area contributed by atoms with Gasteiger partial charge in [-0.3, -0.25) is 4.79 Å². The lowest BCUT2D eigenvalue weighted by Gasteiger charge is -2.29. The van der Waals surface area contributed by atoms with Gasteiger partial charge in [0.2, 0.25) is 5.91 Å². The van der Waals surface area contributed by atoms with Crippen molar-refractivity contribution in [1.82, 2.24) is 5.32 Å². The van der Waals surface area contributed by atoms with Gasteiger partial charge in [-0.2, -0.15) is 13.2 Å². The molecule has 33 heavy (non-hydrogen) atoms. The summed E-state index contributed by atoms with van der Waals surface area (Å²) >= 11 is 0. The standard InChI is InChI=1S/C24H27F3N2O4/c1-3-33-21-8-4-17(14-22(21)31-2)5-9-23(30)28-16-18-6-7-19(15-20(18)24(25,26)27)29-10-12-32-13-11-29/h4-9,14-15H,3,10-13,16H2,1-2H3,(H,28,30)/b9-5+. The molecule has 0 aromatic heterocycles. The average Bonchev–Trinajstić information content (AvgIpc) is 2.82. The first-order valence-corrected chi connectivity index (χ1v) is 10.6. The first-order valence-electron chi connectivity index (χ1n) is 10.6. The highest BCUT2D eigenvalue weighted by Crippen LogP contribution is 2.35. The van der Waals surface area contributed by atoms with Crippen molar-refractivity contribution < 1.29 is 32.2 Å². The highest BCUT2D eigenvalue weighted by Gasteiger charge is 2.34. The van der Waals surface area contributed by atoms with Crippen LogP contribution in [-0.4, -0.2) is 45.9 Å². The highest BCUT2D eigenvalue weighted by atomic mass is 19.4. The van der Waals surface area contributed by atoms with Gasteiger partial charge in [-0.25, -0.2) is 0 Å². The Morgan fingerprint density at radius 2 is 1.91 bits per heavy atom. The molecular formula is C24H27F3N2O4. The fourth-order valence-electron chi connectivity index (χ4n) is 3.48. The molecule has 1 saturated heterocycles. The molecular weight excluding hydrogens is 437 g/mol. The van der Waals surface area contributed by atoms with Gasteiger partial charge in [-0.1, -0.05) is 12.1 Å². The van der Waals surface area contributed by atoms with Crippen molar-refractivity contribution in [2.45, 2.75) is 19.6 Å². The summed E-state index contributed by atoms with van der Waals surface area (Å²) < 4.78 is 57.0. The molecule has 9 heteroatoms. The zero-order valence-electron chi connectivity index (χ0n) is 18.6.